The fourth-order valence-corrected chi connectivity index (χ4v) is 5.30. The molecule has 0 saturated carbocycles. The van der Waals surface area contributed by atoms with Crippen LogP contribution < -0.4 is 10.1 Å². The van der Waals surface area contributed by atoms with E-state index in [1.807, 2.05) is 36.6 Å². The number of carbonyl (C=O) groups excluding carboxylic acids is 2. The topological polar surface area (TPSA) is 102 Å². The third kappa shape index (κ3) is 7.18. The lowest BCUT2D eigenvalue weighted by Gasteiger charge is -2.10. The Morgan fingerprint density at radius 3 is 2.71 bits per heavy atom. The molecule has 0 radical (unpaired) electrons. The van der Waals surface area contributed by atoms with Gasteiger partial charge in [0.05, 0.1) is 18.1 Å². The second kappa shape index (κ2) is 12.4. The molecule has 0 atom stereocenters. The molecule has 0 aliphatic heterocycles. The van der Waals surface area contributed by atoms with Gasteiger partial charge in [0.25, 0.3) is 5.91 Å². The lowest BCUT2D eigenvalue weighted by atomic mass is 10.2. The van der Waals surface area contributed by atoms with Crippen molar-refractivity contribution in [2.24, 2.45) is 0 Å². The molecule has 2 aromatic heterocycles. The first kappa shape index (κ1) is 27.0. The summed E-state index contributed by atoms with van der Waals surface area (Å²) in [6.45, 7) is 6.99. The standard InChI is InChI=1S/C23H29ClN6O3S2/c1-6-30-18(8-7-11-33-17-10-9-16(24)12-14(17)2)27-28-23(30)34-13-19(31)26-22-25-15(3)20(35-22)21(32)29(4)5/h9-10,12H,6-8,11,13H2,1-5H3,(H,25,26,31). The van der Waals surface area contributed by atoms with E-state index in [2.05, 4.69) is 20.5 Å². The summed E-state index contributed by atoms with van der Waals surface area (Å²) in [6, 6.07) is 5.57. The summed E-state index contributed by atoms with van der Waals surface area (Å²) in [5.74, 6) is 1.49. The second-order valence-electron chi connectivity index (χ2n) is 7.97. The number of aryl methyl sites for hydroxylation is 3. The number of aromatic nitrogens is 4. The lowest BCUT2D eigenvalue weighted by molar-refractivity contribution is -0.113. The molecule has 0 unspecified atom stereocenters. The number of rotatable bonds is 11. The Morgan fingerprint density at radius 1 is 1.26 bits per heavy atom. The van der Waals surface area contributed by atoms with Gasteiger partial charge in [-0.25, -0.2) is 4.98 Å². The first-order chi connectivity index (χ1) is 16.7. The van der Waals surface area contributed by atoms with Crippen molar-refractivity contribution in [3.63, 3.8) is 0 Å². The van der Waals surface area contributed by atoms with E-state index in [0.29, 0.717) is 45.5 Å². The predicted octanol–water partition coefficient (Wildman–Crippen LogP) is 4.47. The highest BCUT2D eigenvalue weighted by Gasteiger charge is 2.19. The SMILES string of the molecule is CCn1c(CCCOc2ccc(Cl)cc2C)nnc1SCC(=O)Nc1nc(C)c(C(=O)N(C)C)s1. The number of thiazole rings is 1. The molecule has 0 fully saturated rings. The first-order valence-corrected chi connectivity index (χ1v) is 13.3. The number of hydrogen-bond donors (Lipinski definition) is 1. The molecule has 188 valence electrons. The zero-order valence-corrected chi connectivity index (χ0v) is 22.8. The molecule has 35 heavy (non-hydrogen) atoms. The zero-order valence-electron chi connectivity index (χ0n) is 20.4. The molecule has 0 spiro atoms. The van der Waals surface area contributed by atoms with E-state index in [-0.39, 0.29) is 17.6 Å². The van der Waals surface area contributed by atoms with E-state index >= 15 is 0 Å². The fraction of sp³-hybridized carbons (Fsp3) is 0.435. The van der Waals surface area contributed by atoms with Crippen molar-refractivity contribution in [1.82, 2.24) is 24.6 Å². The highest BCUT2D eigenvalue weighted by molar-refractivity contribution is 7.99. The van der Waals surface area contributed by atoms with E-state index < -0.39 is 0 Å². The van der Waals surface area contributed by atoms with Gasteiger partial charge in [-0.15, -0.1) is 10.2 Å². The van der Waals surface area contributed by atoms with E-state index in [4.69, 9.17) is 16.3 Å². The van der Waals surface area contributed by atoms with E-state index in [0.717, 1.165) is 23.6 Å². The molecule has 9 nitrogen and oxygen atoms in total. The number of thioether (sulfide) groups is 1. The Morgan fingerprint density at radius 2 is 2.03 bits per heavy atom. The summed E-state index contributed by atoms with van der Waals surface area (Å²) in [5.41, 5.74) is 1.60. The number of anilines is 1. The van der Waals surface area contributed by atoms with Crippen LogP contribution in [0.1, 0.15) is 40.1 Å². The van der Waals surface area contributed by atoms with Gasteiger partial charge in [0.15, 0.2) is 10.3 Å². The van der Waals surface area contributed by atoms with Gasteiger partial charge in [-0.05, 0) is 51.0 Å². The minimum Gasteiger partial charge on any atom is -0.493 e. The van der Waals surface area contributed by atoms with E-state index in [1.165, 1.54) is 28.0 Å². The Balaban J connectivity index is 1.50. The number of amides is 2. The largest absolute Gasteiger partial charge is 0.493 e. The summed E-state index contributed by atoms with van der Waals surface area (Å²) in [4.78, 5) is 31.0. The van der Waals surface area contributed by atoms with Crippen molar-refractivity contribution in [1.29, 1.82) is 0 Å². The molecule has 3 rings (SSSR count). The molecule has 0 aliphatic carbocycles. The number of carbonyl (C=O) groups is 2. The van der Waals surface area contributed by atoms with Crippen LogP contribution in [0.25, 0.3) is 0 Å². The fourth-order valence-electron chi connectivity index (χ4n) is 3.25. The Labute approximate surface area is 218 Å². The third-order valence-electron chi connectivity index (χ3n) is 5.02. The minimum absolute atomic E-state index is 0.132. The van der Waals surface area contributed by atoms with Crippen LogP contribution in [0.3, 0.4) is 0 Å². The van der Waals surface area contributed by atoms with Crippen LogP contribution in [-0.2, 0) is 17.8 Å². The highest BCUT2D eigenvalue weighted by atomic mass is 35.5. The van der Waals surface area contributed by atoms with Gasteiger partial charge in [-0.3, -0.25) is 9.59 Å². The van der Waals surface area contributed by atoms with Crippen LogP contribution >= 0.6 is 34.7 Å². The Kier molecular flexibility index (Phi) is 9.53. The van der Waals surface area contributed by atoms with Crippen LogP contribution in [0.2, 0.25) is 5.02 Å². The molecule has 2 heterocycles. The molecule has 1 N–H and O–H groups in total. The molecular weight excluding hydrogens is 508 g/mol. The molecule has 3 aromatic rings. The van der Waals surface area contributed by atoms with Gasteiger partial charge in [0, 0.05) is 32.1 Å². The van der Waals surface area contributed by atoms with Gasteiger partial charge in [-0.1, -0.05) is 34.7 Å². The van der Waals surface area contributed by atoms with Crippen LogP contribution in [0.5, 0.6) is 5.75 Å². The van der Waals surface area contributed by atoms with Gasteiger partial charge < -0.3 is 19.5 Å². The third-order valence-corrected chi connectivity index (χ3v) is 7.29. The van der Waals surface area contributed by atoms with E-state index in [9.17, 15) is 9.59 Å². The second-order valence-corrected chi connectivity index (χ2v) is 10.4. The van der Waals surface area contributed by atoms with Crippen molar-refractivity contribution >= 4 is 51.6 Å². The summed E-state index contributed by atoms with van der Waals surface area (Å²) < 4.78 is 7.87. The summed E-state index contributed by atoms with van der Waals surface area (Å²) in [7, 11) is 3.37. The average molecular weight is 537 g/mol. The van der Waals surface area contributed by atoms with Crippen LogP contribution in [0.4, 0.5) is 5.13 Å². The monoisotopic (exact) mass is 536 g/mol. The first-order valence-electron chi connectivity index (χ1n) is 11.1. The maximum Gasteiger partial charge on any atom is 0.265 e. The van der Waals surface area contributed by atoms with Gasteiger partial charge in [-0.2, -0.15) is 0 Å². The van der Waals surface area contributed by atoms with Crippen LogP contribution in [0, 0.1) is 13.8 Å². The zero-order chi connectivity index (χ0) is 25.5. The molecule has 0 aliphatic rings. The highest BCUT2D eigenvalue weighted by Crippen LogP contribution is 2.25. The van der Waals surface area contributed by atoms with Gasteiger partial charge in [0.1, 0.15) is 16.5 Å². The molecule has 12 heteroatoms. The minimum atomic E-state index is -0.216. The number of halogens is 1. The molecule has 1 aromatic carbocycles. The predicted molar refractivity (Wildman–Crippen MR) is 140 cm³/mol. The number of nitrogens with one attached hydrogen (secondary N) is 1. The number of hydrogen-bond acceptors (Lipinski definition) is 8. The molecule has 2 amide bonds. The van der Waals surface area contributed by atoms with Crippen molar-refractivity contribution < 1.29 is 14.3 Å². The Hall–Kier alpha value is -2.63. The maximum atomic E-state index is 12.5. The lowest BCUT2D eigenvalue weighted by Crippen LogP contribution is -2.21. The van der Waals surface area contributed by atoms with Crippen molar-refractivity contribution in [2.45, 2.75) is 45.3 Å². The van der Waals surface area contributed by atoms with E-state index in [1.54, 1.807) is 21.0 Å². The number of nitrogens with zero attached hydrogens (tertiary/aromatic N) is 5. The summed E-state index contributed by atoms with van der Waals surface area (Å²) >= 11 is 8.48. The number of ether oxygens (including phenoxy) is 1. The van der Waals surface area contributed by atoms with Crippen molar-refractivity contribution in [3.8, 4) is 5.75 Å². The summed E-state index contributed by atoms with van der Waals surface area (Å²) in [6.07, 6.45) is 1.49. The van der Waals surface area contributed by atoms with Crippen molar-refractivity contribution in [3.05, 3.63) is 45.2 Å². The van der Waals surface area contributed by atoms with Crippen LogP contribution in [-0.4, -0.2) is 62.9 Å². The maximum absolute atomic E-state index is 12.5. The quantitative estimate of drug-likeness (QED) is 0.285. The molecular formula is C23H29ClN6O3S2. The molecule has 0 bridgehead atoms. The average Bonchev–Trinajstić information content (AvgIpc) is 3.37. The van der Waals surface area contributed by atoms with Crippen LogP contribution in [0.15, 0.2) is 23.4 Å². The normalized spacial score (nSPS) is 10.9. The van der Waals surface area contributed by atoms with Gasteiger partial charge >= 0.3 is 0 Å². The summed E-state index contributed by atoms with van der Waals surface area (Å²) in [5, 5.41) is 13.1. The van der Waals surface area contributed by atoms with Crippen molar-refractivity contribution in [2.75, 3.05) is 31.8 Å². The van der Waals surface area contributed by atoms with Gasteiger partial charge in [0.2, 0.25) is 5.91 Å². The smallest absolute Gasteiger partial charge is 0.265 e. The molecule has 0 saturated heterocycles. The number of benzene rings is 1. The Bertz CT molecular complexity index is 1190.